The molecule has 2 heterocycles. The summed E-state index contributed by atoms with van der Waals surface area (Å²) in [6.45, 7) is 2.24. The number of likely N-dealkylation sites (N-methyl/N-ethyl adjacent to an activating group) is 1. The lowest BCUT2D eigenvalue weighted by molar-refractivity contribution is -0.142. The van der Waals surface area contributed by atoms with Crippen LogP contribution in [0.25, 0.3) is 5.69 Å². The molecule has 1 saturated carbocycles. The maximum Gasteiger partial charge on any atom is 0.248 e. The van der Waals surface area contributed by atoms with Gasteiger partial charge in [-0.15, -0.1) is 0 Å². The largest absolute Gasteiger partial charge is 0.508 e. The number of carbonyl (C=O) groups excluding carboxylic acids is 3. The zero-order valence-electron chi connectivity index (χ0n) is 20.9. The number of anilines is 1. The molecule has 4 rings (SSSR count). The Morgan fingerprint density at radius 3 is 2.58 bits per heavy atom. The third-order valence-electron chi connectivity index (χ3n) is 7.32. The molecule has 3 atom stereocenters. The first kappa shape index (κ1) is 25.7. The average molecular weight is 497 g/mol. The summed E-state index contributed by atoms with van der Waals surface area (Å²) in [5.74, 6) is -0.0775. The van der Waals surface area contributed by atoms with E-state index in [9.17, 15) is 19.5 Å². The molecule has 10 nitrogen and oxygen atoms in total. The van der Waals surface area contributed by atoms with Crippen molar-refractivity contribution in [1.82, 2.24) is 25.3 Å². The Bertz CT molecular complexity index is 1080. The van der Waals surface area contributed by atoms with Crippen LogP contribution in [0.4, 0.5) is 5.82 Å². The highest BCUT2D eigenvalue weighted by Gasteiger charge is 2.41. The summed E-state index contributed by atoms with van der Waals surface area (Å²) >= 11 is 0. The van der Waals surface area contributed by atoms with Gasteiger partial charge in [0, 0.05) is 18.7 Å². The van der Waals surface area contributed by atoms with Crippen LogP contribution in [0, 0.1) is 5.92 Å². The van der Waals surface area contributed by atoms with E-state index in [0.29, 0.717) is 30.9 Å². The Balaban J connectivity index is 1.50. The molecule has 0 spiro atoms. The summed E-state index contributed by atoms with van der Waals surface area (Å²) in [5, 5.41) is 22.9. The van der Waals surface area contributed by atoms with Crippen LogP contribution in [0.3, 0.4) is 0 Å². The predicted octanol–water partition coefficient (Wildman–Crippen LogP) is 2.18. The minimum Gasteiger partial charge on any atom is -0.508 e. The van der Waals surface area contributed by atoms with Gasteiger partial charge in [0.05, 0.1) is 17.9 Å². The second kappa shape index (κ2) is 11.6. The van der Waals surface area contributed by atoms with Crippen molar-refractivity contribution >= 4 is 23.5 Å². The number of hydrogen-bond donors (Lipinski definition) is 4. The summed E-state index contributed by atoms with van der Waals surface area (Å²) in [7, 11) is 1.71. The van der Waals surface area contributed by atoms with Gasteiger partial charge in [-0.3, -0.25) is 14.4 Å². The molecule has 0 unspecified atom stereocenters. The number of aromatic hydroxyl groups is 1. The summed E-state index contributed by atoms with van der Waals surface area (Å²) in [6.07, 6.45) is 7.82. The lowest BCUT2D eigenvalue weighted by Gasteiger charge is -2.35. The highest BCUT2D eigenvalue weighted by Crippen LogP contribution is 2.30. The molecule has 36 heavy (non-hydrogen) atoms. The summed E-state index contributed by atoms with van der Waals surface area (Å²) in [6, 6.07) is 6.58. The van der Waals surface area contributed by atoms with E-state index in [1.54, 1.807) is 55.4 Å². The van der Waals surface area contributed by atoms with Crippen molar-refractivity contribution in [3.63, 3.8) is 0 Å². The third-order valence-corrected chi connectivity index (χ3v) is 7.32. The molecular formula is C26H36N6O4. The molecular weight excluding hydrogens is 460 g/mol. The maximum absolute atomic E-state index is 13.8. The smallest absolute Gasteiger partial charge is 0.248 e. The third kappa shape index (κ3) is 5.70. The SMILES string of the molecule is CN[C@@H](C)C(=O)N[C@H](C(=O)N1CCC[C@H]1C(=O)Nc1ccnn1-c1cccc(O)c1)C1CCCCC1. The molecule has 10 heteroatoms. The van der Waals surface area contributed by atoms with Crippen molar-refractivity contribution in [2.24, 2.45) is 5.92 Å². The first-order valence-electron chi connectivity index (χ1n) is 12.8. The van der Waals surface area contributed by atoms with E-state index < -0.39 is 18.1 Å². The van der Waals surface area contributed by atoms with Gasteiger partial charge in [-0.1, -0.05) is 25.3 Å². The second-order valence-electron chi connectivity index (χ2n) is 9.72. The van der Waals surface area contributed by atoms with Crippen molar-refractivity contribution in [3.05, 3.63) is 36.5 Å². The van der Waals surface area contributed by atoms with Crippen LogP contribution in [-0.4, -0.2) is 69.2 Å². The number of benzene rings is 1. The van der Waals surface area contributed by atoms with E-state index in [4.69, 9.17) is 0 Å². The molecule has 1 aromatic heterocycles. The fourth-order valence-corrected chi connectivity index (χ4v) is 5.18. The Morgan fingerprint density at radius 2 is 1.86 bits per heavy atom. The number of likely N-dealkylation sites (tertiary alicyclic amines) is 1. The quantitative estimate of drug-likeness (QED) is 0.444. The first-order valence-corrected chi connectivity index (χ1v) is 12.8. The van der Waals surface area contributed by atoms with E-state index in [-0.39, 0.29) is 29.4 Å². The van der Waals surface area contributed by atoms with Crippen molar-refractivity contribution in [3.8, 4) is 11.4 Å². The minimum absolute atomic E-state index is 0.0655. The van der Waals surface area contributed by atoms with Gasteiger partial charge in [-0.2, -0.15) is 5.10 Å². The molecule has 4 N–H and O–H groups in total. The van der Waals surface area contributed by atoms with Gasteiger partial charge < -0.3 is 26.0 Å². The predicted molar refractivity (Wildman–Crippen MR) is 136 cm³/mol. The first-order chi connectivity index (χ1) is 17.4. The molecule has 2 aliphatic rings. The van der Waals surface area contributed by atoms with E-state index in [1.165, 1.54) is 4.68 Å². The lowest BCUT2D eigenvalue weighted by atomic mass is 9.83. The van der Waals surface area contributed by atoms with Gasteiger partial charge in [-0.05, 0) is 57.7 Å². The average Bonchev–Trinajstić information content (AvgIpc) is 3.57. The van der Waals surface area contributed by atoms with Gasteiger partial charge in [-0.25, -0.2) is 4.68 Å². The van der Waals surface area contributed by atoms with Crippen LogP contribution in [0.5, 0.6) is 5.75 Å². The van der Waals surface area contributed by atoms with Crippen LogP contribution < -0.4 is 16.0 Å². The normalized spacial score (nSPS) is 20.1. The Morgan fingerprint density at radius 1 is 1.08 bits per heavy atom. The number of phenolic OH excluding ortho intramolecular Hbond substituents is 1. The molecule has 1 aromatic carbocycles. The molecule has 3 amide bonds. The fourth-order valence-electron chi connectivity index (χ4n) is 5.18. The number of carbonyl (C=O) groups is 3. The molecule has 1 aliphatic carbocycles. The standard InChI is InChI=1S/C26H36N6O4/c1-17(27-2)24(34)30-23(18-8-4-3-5-9-18)26(36)31-15-7-12-21(31)25(35)29-22-13-14-28-32(22)19-10-6-11-20(33)16-19/h6,10-11,13-14,16-18,21,23,27,33H,3-5,7-9,12,15H2,1-2H3,(H,29,35)(H,30,34)/t17-,21-,23-/m0/s1. The van der Waals surface area contributed by atoms with E-state index >= 15 is 0 Å². The zero-order chi connectivity index (χ0) is 25.7. The van der Waals surface area contributed by atoms with Gasteiger partial charge >= 0.3 is 0 Å². The van der Waals surface area contributed by atoms with E-state index in [0.717, 1.165) is 32.1 Å². The number of nitrogens with zero attached hydrogens (tertiary/aromatic N) is 3. The van der Waals surface area contributed by atoms with Crippen LogP contribution in [0.15, 0.2) is 36.5 Å². The lowest BCUT2D eigenvalue weighted by Crippen LogP contribution is -2.57. The van der Waals surface area contributed by atoms with Crippen LogP contribution >= 0.6 is 0 Å². The Hall–Kier alpha value is -3.40. The number of nitrogens with one attached hydrogen (secondary N) is 3. The fraction of sp³-hybridized carbons (Fsp3) is 0.538. The summed E-state index contributed by atoms with van der Waals surface area (Å²) < 4.78 is 1.53. The molecule has 194 valence electrons. The van der Waals surface area contributed by atoms with Crippen LogP contribution in [0.1, 0.15) is 51.9 Å². The molecule has 1 saturated heterocycles. The Labute approximate surface area is 211 Å². The second-order valence-corrected chi connectivity index (χ2v) is 9.72. The van der Waals surface area contributed by atoms with Crippen molar-refractivity contribution < 1.29 is 19.5 Å². The number of hydrogen-bond acceptors (Lipinski definition) is 6. The minimum atomic E-state index is -0.639. The highest BCUT2D eigenvalue weighted by molar-refractivity contribution is 5.98. The van der Waals surface area contributed by atoms with E-state index in [2.05, 4.69) is 21.0 Å². The summed E-state index contributed by atoms with van der Waals surface area (Å²) in [4.78, 5) is 41.5. The number of amides is 3. The molecule has 1 aliphatic heterocycles. The van der Waals surface area contributed by atoms with Crippen LogP contribution in [-0.2, 0) is 14.4 Å². The monoisotopic (exact) mass is 496 g/mol. The highest BCUT2D eigenvalue weighted by atomic mass is 16.3. The number of phenols is 1. The van der Waals surface area contributed by atoms with Gasteiger partial charge in [0.1, 0.15) is 23.7 Å². The number of rotatable bonds is 8. The topological polar surface area (TPSA) is 129 Å². The molecule has 2 aromatic rings. The van der Waals surface area contributed by atoms with Crippen LogP contribution in [0.2, 0.25) is 0 Å². The Kier molecular flexibility index (Phi) is 8.25. The zero-order valence-corrected chi connectivity index (χ0v) is 20.9. The summed E-state index contributed by atoms with van der Waals surface area (Å²) in [5.41, 5.74) is 0.605. The van der Waals surface area contributed by atoms with E-state index in [1.807, 2.05) is 0 Å². The van der Waals surface area contributed by atoms with Gasteiger partial charge in [0.15, 0.2) is 0 Å². The van der Waals surface area contributed by atoms with Crippen molar-refractivity contribution in [2.45, 2.75) is 70.0 Å². The molecule has 0 radical (unpaired) electrons. The van der Waals surface area contributed by atoms with Gasteiger partial charge in [0.2, 0.25) is 17.7 Å². The van der Waals surface area contributed by atoms with Gasteiger partial charge in [0.25, 0.3) is 0 Å². The molecule has 0 bridgehead atoms. The van der Waals surface area contributed by atoms with Crippen molar-refractivity contribution in [2.75, 3.05) is 18.9 Å². The van der Waals surface area contributed by atoms with Crippen molar-refractivity contribution in [1.29, 1.82) is 0 Å². The maximum atomic E-state index is 13.8. The number of aromatic nitrogens is 2. The molecule has 2 fully saturated rings.